The Bertz CT molecular complexity index is 467. The van der Waals surface area contributed by atoms with E-state index in [-0.39, 0.29) is 6.04 Å². The summed E-state index contributed by atoms with van der Waals surface area (Å²) in [7, 11) is 0. The van der Waals surface area contributed by atoms with Crippen LogP contribution in [0.15, 0.2) is 17.1 Å². The van der Waals surface area contributed by atoms with Gasteiger partial charge in [0.05, 0.1) is 28.1 Å². The molecule has 0 saturated heterocycles. The van der Waals surface area contributed by atoms with Crippen molar-refractivity contribution in [2.45, 2.75) is 25.9 Å². The Kier molecular flexibility index (Phi) is 4.11. The Morgan fingerprint density at radius 1 is 1.65 bits per heavy atom. The molecule has 2 heterocycles. The van der Waals surface area contributed by atoms with E-state index in [1.807, 2.05) is 10.1 Å². The highest BCUT2D eigenvalue weighted by Gasteiger charge is 2.22. The van der Waals surface area contributed by atoms with E-state index in [2.05, 4.69) is 22.4 Å². The molecule has 0 aliphatic carbocycles. The quantitative estimate of drug-likeness (QED) is 0.644. The lowest BCUT2D eigenvalue weighted by molar-refractivity contribution is 0.516. The first-order chi connectivity index (χ1) is 8.27. The summed E-state index contributed by atoms with van der Waals surface area (Å²) in [6.07, 6.45) is 2.63. The van der Waals surface area contributed by atoms with Gasteiger partial charge in [0.15, 0.2) is 0 Å². The van der Waals surface area contributed by atoms with E-state index in [1.54, 1.807) is 11.7 Å². The number of hydrazine groups is 1. The summed E-state index contributed by atoms with van der Waals surface area (Å²) >= 11 is 7.69. The van der Waals surface area contributed by atoms with Gasteiger partial charge in [0.2, 0.25) is 0 Å². The molecule has 1 atom stereocenters. The summed E-state index contributed by atoms with van der Waals surface area (Å²) in [5.74, 6) is 5.60. The number of nitrogens with two attached hydrogens (primary N) is 1. The van der Waals surface area contributed by atoms with Crippen LogP contribution < -0.4 is 11.3 Å². The lowest BCUT2D eigenvalue weighted by Gasteiger charge is -2.16. The lowest BCUT2D eigenvalue weighted by atomic mass is 10.1. The average Bonchev–Trinajstić information content (AvgIpc) is 2.94. The normalized spacial score (nSPS) is 12.9. The number of nitrogens with one attached hydrogen (secondary N) is 1. The summed E-state index contributed by atoms with van der Waals surface area (Å²) in [5, 5.41) is 6.80. The molecule has 0 fully saturated rings. The van der Waals surface area contributed by atoms with Crippen molar-refractivity contribution >= 4 is 22.9 Å². The van der Waals surface area contributed by atoms with Gasteiger partial charge < -0.3 is 0 Å². The lowest BCUT2D eigenvalue weighted by Crippen LogP contribution is -2.31. The smallest absolute Gasteiger partial charge is 0.107 e. The van der Waals surface area contributed by atoms with Gasteiger partial charge in [0.1, 0.15) is 6.04 Å². The third-order valence-corrected chi connectivity index (χ3v) is 3.35. The van der Waals surface area contributed by atoms with Crippen molar-refractivity contribution in [1.29, 1.82) is 0 Å². The highest BCUT2D eigenvalue weighted by Crippen LogP contribution is 2.27. The van der Waals surface area contributed by atoms with Crippen LogP contribution in [-0.4, -0.2) is 14.8 Å². The SMILES string of the molecule is CCCn1ncc(Cl)c1C(NN)c1cscn1. The molecule has 5 nitrogen and oxygen atoms in total. The topological polar surface area (TPSA) is 68.8 Å². The number of halogens is 1. The van der Waals surface area contributed by atoms with Crippen molar-refractivity contribution in [2.24, 2.45) is 5.84 Å². The van der Waals surface area contributed by atoms with E-state index in [4.69, 9.17) is 17.4 Å². The predicted octanol–water partition coefficient (Wildman–Crippen LogP) is 1.96. The van der Waals surface area contributed by atoms with E-state index in [1.165, 1.54) is 11.3 Å². The summed E-state index contributed by atoms with van der Waals surface area (Å²) in [4.78, 5) is 4.26. The maximum absolute atomic E-state index is 6.17. The van der Waals surface area contributed by atoms with Crippen molar-refractivity contribution < 1.29 is 0 Å². The molecular formula is C10H14ClN5S. The van der Waals surface area contributed by atoms with Gasteiger partial charge in [-0.1, -0.05) is 18.5 Å². The average molecular weight is 272 g/mol. The third kappa shape index (κ3) is 2.50. The van der Waals surface area contributed by atoms with Crippen molar-refractivity contribution in [3.63, 3.8) is 0 Å². The molecule has 0 amide bonds. The van der Waals surface area contributed by atoms with Crippen LogP contribution in [0.3, 0.4) is 0 Å². The first kappa shape index (κ1) is 12.5. The van der Waals surface area contributed by atoms with E-state index in [0.717, 1.165) is 24.4 Å². The number of rotatable bonds is 5. The van der Waals surface area contributed by atoms with E-state index in [9.17, 15) is 0 Å². The fourth-order valence-corrected chi connectivity index (χ4v) is 2.55. The minimum Gasteiger partial charge on any atom is -0.270 e. The fourth-order valence-electron chi connectivity index (χ4n) is 1.72. The second kappa shape index (κ2) is 5.59. The van der Waals surface area contributed by atoms with Crippen LogP contribution in [0, 0.1) is 0 Å². The molecule has 92 valence electrons. The molecule has 0 radical (unpaired) electrons. The molecule has 0 aliphatic heterocycles. The van der Waals surface area contributed by atoms with Crippen LogP contribution in [0.25, 0.3) is 0 Å². The molecule has 17 heavy (non-hydrogen) atoms. The Morgan fingerprint density at radius 3 is 3.06 bits per heavy atom. The molecule has 2 aromatic rings. The van der Waals surface area contributed by atoms with Crippen molar-refractivity contribution in [3.05, 3.63) is 33.5 Å². The molecule has 2 aromatic heterocycles. The number of nitrogens with zero attached hydrogens (tertiary/aromatic N) is 3. The molecule has 0 aliphatic rings. The second-order valence-corrected chi connectivity index (χ2v) is 4.74. The summed E-state index contributed by atoms with van der Waals surface area (Å²) in [6, 6.07) is -0.220. The summed E-state index contributed by atoms with van der Waals surface area (Å²) in [6.45, 7) is 2.90. The molecule has 0 spiro atoms. The van der Waals surface area contributed by atoms with Gasteiger partial charge in [-0.15, -0.1) is 11.3 Å². The zero-order valence-electron chi connectivity index (χ0n) is 9.43. The van der Waals surface area contributed by atoms with Gasteiger partial charge in [0, 0.05) is 11.9 Å². The third-order valence-electron chi connectivity index (χ3n) is 2.46. The zero-order chi connectivity index (χ0) is 12.3. The Labute approximate surface area is 109 Å². The molecule has 0 aromatic carbocycles. The minimum absolute atomic E-state index is 0.220. The van der Waals surface area contributed by atoms with Crippen molar-refractivity contribution in [1.82, 2.24) is 20.2 Å². The van der Waals surface area contributed by atoms with Crippen molar-refractivity contribution in [3.8, 4) is 0 Å². The molecule has 0 saturated carbocycles. The Morgan fingerprint density at radius 2 is 2.47 bits per heavy atom. The standard InChI is InChI=1S/C10H14ClN5S/c1-2-3-16-10(7(11)4-14-16)9(15-12)8-5-17-6-13-8/h4-6,9,15H,2-3,12H2,1H3. The van der Waals surface area contributed by atoms with E-state index < -0.39 is 0 Å². The number of hydrogen-bond acceptors (Lipinski definition) is 5. The van der Waals surface area contributed by atoms with E-state index >= 15 is 0 Å². The van der Waals surface area contributed by atoms with Gasteiger partial charge in [-0.25, -0.2) is 10.4 Å². The Hall–Kier alpha value is -0.950. The Balaban J connectivity index is 2.39. The fraction of sp³-hybridized carbons (Fsp3) is 0.400. The highest BCUT2D eigenvalue weighted by molar-refractivity contribution is 7.07. The summed E-state index contributed by atoms with van der Waals surface area (Å²) < 4.78 is 1.87. The molecule has 3 N–H and O–H groups in total. The minimum atomic E-state index is -0.220. The van der Waals surface area contributed by atoms with Gasteiger partial charge in [0.25, 0.3) is 0 Å². The maximum atomic E-state index is 6.17. The van der Waals surface area contributed by atoms with Gasteiger partial charge in [-0.3, -0.25) is 10.5 Å². The maximum Gasteiger partial charge on any atom is 0.107 e. The molecule has 0 bridgehead atoms. The number of hydrogen-bond donors (Lipinski definition) is 2. The highest BCUT2D eigenvalue weighted by atomic mass is 35.5. The first-order valence-corrected chi connectivity index (χ1v) is 6.65. The van der Waals surface area contributed by atoms with Crippen LogP contribution in [0.2, 0.25) is 5.02 Å². The van der Waals surface area contributed by atoms with Gasteiger partial charge in [-0.05, 0) is 6.42 Å². The van der Waals surface area contributed by atoms with Crippen molar-refractivity contribution in [2.75, 3.05) is 0 Å². The van der Waals surface area contributed by atoms with Crippen LogP contribution in [0.5, 0.6) is 0 Å². The van der Waals surface area contributed by atoms with Crippen LogP contribution in [0.1, 0.15) is 30.8 Å². The largest absolute Gasteiger partial charge is 0.270 e. The number of aromatic nitrogens is 3. The zero-order valence-corrected chi connectivity index (χ0v) is 11.0. The number of aryl methyl sites for hydroxylation is 1. The predicted molar refractivity (Wildman–Crippen MR) is 68.8 cm³/mol. The van der Waals surface area contributed by atoms with Gasteiger partial charge >= 0.3 is 0 Å². The molecule has 2 rings (SSSR count). The molecule has 7 heteroatoms. The first-order valence-electron chi connectivity index (χ1n) is 5.33. The van der Waals surface area contributed by atoms with Crippen LogP contribution in [0.4, 0.5) is 0 Å². The second-order valence-electron chi connectivity index (χ2n) is 3.61. The molecular weight excluding hydrogens is 258 g/mol. The van der Waals surface area contributed by atoms with Gasteiger partial charge in [-0.2, -0.15) is 5.10 Å². The molecule has 1 unspecified atom stereocenters. The summed E-state index contributed by atoms with van der Waals surface area (Å²) in [5.41, 5.74) is 6.24. The number of thiazole rings is 1. The van der Waals surface area contributed by atoms with Crippen LogP contribution >= 0.6 is 22.9 Å². The van der Waals surface area contributed by atoms with E-state index in [0.29, 0.717) is 5.02 Å². The monoisotopic (exact) mass is 271 g/mol. The van der Waals surface area contributed by atoms with Crippen LogP contribution in [-0.2, 0) is 6.54 Å².